The molecule has 174 valence electrons. The maximum atomic E-state index is 14.5. The molecule has 9 heteroatoms. The smallest absolute Gasteiger partial charge is 0.348 e. The molecule has 0 radical (unpaired) electrons. The molecule has 0 aliphatic carbocycles. The van der Waals surface area contributed by atoms with Crippen LogP contribution in [0.3, 0.4) is 0 Å². The van der Waals surface area contributed by atoms with E-state index in [4.69, 9.17) is 4.74 Å². The molecule has 3 aromatic carbocycles. The first-order valence-electron chi connectivity index (χ1n) is 9.35. The molecule has 0 aliphatic heterocycles. The van der Waals surface area contributed by atoms with E-state index >= 15 is 0 Å². The molecule has 3 rings (SSSR count). The summed E-state index contributed by atoms with van der Waals surface area (Å²) < 4.78 is 61.6. The van der Waals surface area contributed by atoms with Crippen molar-refractivity contribution in [2.24, 2.45) is 0 Å². The van der Waals surface area contributed by atoms with Gasteiger partial charge in [-0.2, -0.15) is 0 Å². The fraction of sp³-hybridized carbons (Fsp3) is 0.125. The van der Waals surface area contributed by atoms with E-state index in [9.17, 15) is 32.6 Å². The van der Waals surface area contributed by atoms with Crippen LogP contribution in [0, 0.1) is 23.3 Å². The number of esters is 1. The third-order valence-corrected chi connectivity index (χ3v) is 4.64. The van der Waals surface area contributed by atoms with Crippen molar-refractivity contribution in [2.75, 3.05) is 12.4 Å². The Bertz CT molecular complexity index is 1090. The Morgan fingerprint density at radius 2 is 1.36 bits per heavy atom. The Balaban J connectivity index is 0.00000187. The molecule has 0 fully saturated rings. The summed E-state index contributed by atoms with van der Waals surface area (Å²) in [6.07, 6.45) is 0.660. The summed E-state index contributed by atoms with van der Waals surface area (Å²) in [5, 5.41) is 20.6. The van der Waals surface area contributed by atoms with Gasteiger partial charge >= 0.3 is 5.97 Å². The van der Waals surface area contributed by atoms with Crippen molar-refractivity contribution in [3.05, 3.63) is 113 Å². The minimum Gasteiger partial charge on any atom is -0.515 e. The zero-order chi connectivity index (χ0) is 24.6. The lowest BCUT2D eigenvalue weighted by Crippen LogP contribution is -2.41. The van der Waals surface area contributed by atoms with Crippen LogP contribution in [0.1, 0.15) is 16.7 Å². The first-order chi connectivity index (χ1) is 15.8. The van der Waals surface area contributed by atoms with Gasteiger partial charge in [0.2, 0.25) is 5.60 Å². The number of benzene rings is 3. The van der Waals surface area contributed by atoms with Crippen LogP contribution in [0.15, 0.2) is 73.0 Å². The number of alkyl halides is 1. The van der Waals surface area contributed by atoms with Gasteiger partial charge in [0.05, 0.1) is 6.26 Å². The Hall–Kier alpha value is -3.17. The van der Waals surface area contributed by atoms with Crippen molar-refractivity contribution < 1.29 is 37.3 Å². The monoisotopic (exact) mass is 526 g/mol. The van der Waals surface area contributed by atoms with Gasteiger partial charge in [-0.25, -0.2) is 22.4 Å². The van der Waals surface area contributed by atoms with Gasteiger partial charge in [-0.3, -0.25) is 0 Å². The molecule has 0 saturated carbocycles. The normalized spacial score (nSPS) is 11.4. The van der Waals surface area contributed by atoms with Crippen LogP contribution < -0.4 is 0 Å². The highest BCUT2D eigenvalue weighted by Crippen LogP contribution is 2.36. The Morgan fingerprint density at radius 1 is 0.879 bits per heavy atom. The zero-order valence-electron chi connectivity index (χ0n) is 17.2. The average molecular weight is 527 g/mol. The van der Waals surface area contributed by atoms with Crippen LogP contribution in [0.4, 0.5) is 17.6 Å². The van der Waals surface area contributed by atoms with Gasteiger partial charge in [0.1, 0.15) is 6.61 Å². The predicted octanol–water partition coefficient (Wildman–Crippen LogP) is 5.63. The summed E-state index contributed by atoms with van der Waals surface area (Å²) in [5.41, 5.74) is -4.56. The van der Waals surface area contributed by atoms with Gasteiger partial charge in [-0.05, 0) is 23.5 Å². The average Bonchev–Trinajstić information content (AvgIpc) is 2.84. The Morgan fingerprint density at radius 3 is 1.82 bits per heavy atom. The number of aliphatic hydroxyl groups excluding tert-OH is 1. The quantitative estimate of drug-likeness (QED) is 0.189. The molecule has 0 amide bonds. The summed E-state index contributed by atoms with van der Waals surface area (Å²) in [5.74, 6) is -5.89. The maximum Gasteiger partial charge on any atom is 0.348 e. The molecule has 0 saturated heterocycles. The molecule has 3 aromatic rings. The van der Waals surface area contributed by atoms with E-state index in [1.165, 1.54) is 0 Å². The molecule has 0 spiro atoms. The van der Waals surface area contributed by atoms with Crippen molar-refractivity contribution in [3.63, 3.8) is 0 Å². The zero-order valence-corrected chi connectivity index (χ0v) is 18.8. The number of ether oxygens (including phenoxy) is 1. The van der Waals surface area contributed by atoms with Crippen LogP contribution in [-0.4, -0.2) is 28.6 Å². The number of hydrogen-bond acceptors (Lipinski definition) is 4. The molecule has 0 bridgehead atoms. The van der Waals surface area contributed by atoms with Crippen LogP contribution in [-0.2, 0) is 15.1 Å². The lowest BCUT2D eigenvalue weighted by Gasteiger charge is -2.28. The lowest BCUT2D eigenvalue weighted by molar-refractivity contribution is -0.161. The number of aliphatic hydroxyl groups is 2. The van der Waals surface area contributed by atoms with E-state index in [1.54, 1.807) is 30.3 Å². The largest absolute Gasteiger partial charge is 0.515 e. The minimum absolute atomic E-state index is 0.107. The van der Waals surface area contributed by atoms with Crippen molar-refractivity contribution >= 4 is 27.5 Å². The van der Waals surface area contributed by atoms with Crippen molar-refractivity contribution in [1.82, 2.24) is 0 Å². The fourth-order valence-electron chi connectivity index (χ4n) is 3.03. The maximum absolute atomic E-state index is 14.5. The number of hydrogen-bond donors (Lipinski definition) is 2. The van der Waals surface area contributed by atoms with Gasteiger partial charge in [-0.15, -0.1) is 0 Å². The number of rotatable bonds is 6. The van der Waals surface area contributed by atoms with E-state index in [0.29, 0.717) is 11.8 Å². The fourth-order valence-corrected chi connectivity index (χ4v) is 3.03. The first-order valence-corrected chi connectivity index (χ1v) is 10.9. The summed E-state index contributed by atoms with van der Waals surface area (Å²) in [6, 6.07) is 13.4. The molecule has 4 nitrogen and oxygen atoms in total. The van der Waals surface area contributed by atoms with Crippen molar-refractivity contribution in [3.8, 4) is 0 Å². The number of carbonyl (C=O) groups excluding carboxylic acids is 1. The molecule has 0 unspecified atom stereocenters. The standard InChI is InChI=1S/C23H16F4O4.CH3Br/c24-18-10-4-8-16(20(18)26)23(30,17-9-5-11-19(25)21(17)27)22(29)31-13-15(12-28)14-6-2-1-3-7-14;1-2/h1-12,28,30H,13H2;1H3. The highest BCUT2D eigenvalue weighted by Gasteiger charge is 2.47. The number of carbonyl (C=O) groups is 1. The molecule has 33 heavy (non-hydrogen) atoms. The third-order valence-electron chi connectivity index (χ3n) is 4.64. The second kappa shape index (κ2) is 11.6. The second-order valence-corrected chi connectivity index (χ2v) is 6.51. The van der Waals surface area contributed by atoms with Gasteiger partial charge in [0.15, 0.2) is 23.3 Å². The van der Waals surface area contributed by atoms with E-state index in [1.807, 2.05) is 5.83 Å². The van der Waals surface area contributed by atoms with E-state index < -0.39 is 52.6 Å². The summed E-state index contributed by atoms with van der Waals surface area (Å²) >= 11 is 2.94. The minimum atomic E-state index is -3.21. The second-order valence-electron chi connectivity index (χ2n) is 6.51. The molecule has 0 aliphatic rings. The molecule has 0 atom stereocenters. The summed E-state index contributed by atoms with van der Waals surface area (Å²) in [7, 11) is 0. The van der Waals surface area contributed by atoms with Crippen LogP contribution >= 0.6 is 15.9 Å². The van der Waals surface area contributed by atoms with Crippen LogP contribution in [0.5, 0.6) is 0 Å². The van der Waals surface area contributed by atoms with E-state index in [0.717, 1.165) is 36.4 Å². The van der Waals surface area contributed by atoms with Gasteiger partial charge in [0.25, 0.3) is 0 Å². The summed E-state index contributed by atoms with van der Waals surface area (Å²) in [4.78, 5) is 12.9. The molecule has 0 heterocycles. The molecular formula is C24H19BrF4O4. The SMILES string of the molecule is CBr.O=C(OCC(=CO)c1ccccc1)C(O)(c1cccc(F)c1F)c1cccc(F)c1F. The predicted molar refractivity (Wildman–Crippen MR) is 119 cm³/mol. The first kappa shape index (κ1) is 26.1. The van der Waals surface area contributed by atoms with Crippen LogP contribution in [0.2, 0.25) is 0 Å². The van der Waals surface area contributed by atoms with E-state index in [-0.39, 0.29) is 5.57 Å². The van der Waals surface area contributed by atoms with Crippen molar-refractivity contribution in [1.29, 1.82) is 0 Å². The van der Waals surface area contributed by atoms with Gasteiger partial charge in [-0.1, -0.05) is 70.5 Å². The Labute approximate surface area is 195 Å². The van der Waals surface area contributed by atoms with Gasteiger partial charge in [0, 0.05) is 16.7 Å². The van der Waals surface area contributed by atoms with Crippen molar-refractivity contribution in [2.45, 2.75) is 5.60 Å². The van der Waals surface area contributed by atoms with Gasteiger partial charge < -0.3 is 14.9 Å². The lowest BCUT2D eigenvalue weighted by atomic mass is 9.85. The molecular weight excluding hydrogens is 508 g/mol. The topological polar surface area (TPSA) is 66.8 Å². The Kier molecular flexibility index (Phi) is 9.19. The summed E-state index contributed by atoms with van der Waals surface area (Å²) in [6.45, 7) is -0.602. The highest BCUT2D eigenvalue weighted by atomic mass is 79.9. The van der Waals surface area contributed by atoms with Crippen LogP contribution in [0.25, 0.3) is 5.57 Å². The number of halogens is 5. The van der Waals surface area contributed by atoms with E-state index in [2.05, 4.69) is 15.9 Å². The highest BCUT2D eigenvalue weighted by molar-refractivity contribution is 9.08. The molecule has 0 aromatic heterocycles. The molecule has 2 N–H and O–H groups in total. The third kappa shape index (κ3) is 5.43.